The molecule has 0 saturated carbocycles. The van der Waals surface area contributed by atoms with Crippen molar-refractivity contribution in [2.45, 2.75) is 43.4 Å². The molecule has 0 radical (unpaired) electrons. The molecule has 1 rings (SSSR count). The van der Waals surface area contributed by atoms with Crippen molar-refractivity contribution in [2.75, 3.05) is 7.05 Å². The Bertz CT molecular complexity index is 347. The maximum atomic E-state index is 12.2. The summed E-state index contributed by atoms with van der Waals surface area (Å²) in [6.45, 7) is 6.20. The number of hydrogen-bond acceptors (Lipinski definition) is 2. The van der Waals surface area contributed by atoms with Crippen LogP contribution in [0.25, 0.3) is 0 Å². The van der Waals surface area contributed by atoms with Crippen molar-refractivity contribution in [1.82, 2.24) is 5.32 Å². The lowest BCUT2D eigenvalue weighted by molar-refractivity contribution is 0.554. The maximum Gasteiger partial charge on any atom is 0.0558 e. The van der Waals surface area contributed by atoms with Crippen LogP contribution in [0.3, 0.4) is 0 Å². The molecule has 3 atom stereocenters. The van der Waals surface area contributed by atoms with E-state index in [9.17, 15) is 4.21 Å². The van der Waals surface area contributed by atoms with E-state index in [4.69, 9.17) is 0 Å². The molecule has 2 nitrogen and oxygen atoms in total. The summed E-state index contributed by atoms with van der Waals surface area (Å²) >= 11 is 0. The maximum absolute atomic E-state index is 12.2. The lowest BCUT2D eigenvalue weighted by Crippen LogP contribution is -2.27. The van der Waals surface area contributed by atoms with Gasteiger partial charge in [0, 0.05) is 16.2 Å². The van der Waals surface area contributed by atoms with Gasteiger partial charge in [0.2, 0.25) is 0 Å². The monoisotopic (exact) mass is 239 g/mol. The lowest BCUT2D eigenvalue weighted by atomic mass is 10.2. The van der Waals surface area contributed by atoms with E-state index >= 15 is 0 Å². The SMILES string of the molecule is CNC(C)CC(C)S(=O)c1ccc(C)cc1. The molecule has 1 aromatic rings. The molecule has 0 fully saturated rings. The van der Waals surface area contributed by atoms with Gasteiger partial charge >= 0.3 is 0 Å². The number of rotatable bonds is 5. The molecule has 1 N–H and O–H groups in total. The smallest absolute Gasteiger partial charge is 0.0558 e. The number of aryl methyl sites for hydroxylation is 1. The summed E-state index contributed by atoms with van der Waals surface area (Å²) in [7, 11) is 1.04. The second-order valence-corrected chi connectivity index (χ2v) is 6.22. The molecule has 3 heteroatoms. The number of hydrogen-bond donors (Lipinski definition) is 1. The van der Waals surface area contributed by atoms with E-state index in [1.807, 2.05) is 45.2 Å². The second kappa shape index (κ2) is 6.16. The Balaban J connectivity index is 2.67. The quantitative estimate of drug-likeness (QED) is 0.855. The van der Waals surface area contributed by atoms with Crippen LogP contribution in [-0.4, -0.2) is 22.5 Å². The van der Waals surface area contributed by atoms with E-state index in [1.54, 1.807) is 0 Å². The van der Waals surface area contributed by atoms with Gasteiger partial charge < -0.3 is 5.32 Å². The van der Waals surface area contributed by atoms with Crippen LogP contribution in [0.15, 0.2) is 29.2 Å². The average Bonchev–Trinajstić information content (AvgIpc) is 2.28. The van der Waals surface area contributed by atoms with Gasteiger partial charge in [0.05, 0.1) is 10.8 Å². The molecular formula is C13H21NOS. The molecule has 0 amide bonds. The van der Waals surface area contributed by atoms with Gasteiger partial charge in [-0.3, -0.25) is 4.21 Å². The average molecular weight is 239 g/mol. The van der Waals surface area contributed by atoms with E-state index in [-0.39, 0.29) is 5.25 Å². The summed E-state index contributed by atoms with van der Waals surface area (Å²) < 4.78 is 12.2. The van der Waals surface area contributed by atoms with Crippen molar-refractivity contribution < 1.29 is 4.21 Å². The van der Waals surface area contributed by atoms with Gasteiger partial charge in [-0.05, 0) is 39.4 Å². The molecule has 0 aliphatic rings. The zero-order valence-corrected chi connectivity index (χ0v) is 11.3. The van der Waals surface area contributed by atoms with Crippen molar-refractivity contribution in [1.29, 1.82) is 0 Å². The third-order valence-electron chi connectivity index (χ3n) is 2.80. The van der Waals surface area contributed by atoms with E-state index in [0.717, 1.165) is 11.3 Å². The van der Waals surface area contributed by atoms with Gasteiger partial charge in [0.25, 0.3) is 0 Å². The molecule has 0 aromatic heterocycles. The van der Waals surface area contributed by atoms with E-state index in [1.165, 1.54) is 5.56 Å². The normalized spacial score (nSPS) is 16.8. The summed E-state index contributed by atoms with van der Waals surface area (Å²) in [6, 6.07) is 8.37. The van der Waals surface area contributed by atoms with Crippen LogP contribution >= 0.6 is 0 Å². The van der Waals surface area contributed by atoms with E-state index in [0.29, 0.717) is 6.04 Å². The molecule has 3 unspecified atom stereocenters. The Morgan fingerprint density at radius 2 is 1.81 bits per heavy atom. The third-order valence-corrected chi connectivity index (χ3v) is 4.46. The van der Waals surface area contributed by atoms with Gasteiger partial charge in [-0.25, -0.2) is 0 Å². The molecule has 0 saturated heterocycles. The zero-order chi connectivity index (χ0) is 12.1. The number of benzene rings is 1. The highest BCUT2D eigenvalue weighted by molar-refractivity contribution is 7.85. The highest BCUT2D eigenvalue weighted by Crippen LogP contribution is 2.15. The Labute approximate surface area is 101 Å². The molecule has 0 heterocycles. The molecular weight excluding hydrogens is 218 g/mol. The number of nitrogens with one attached hydrogen (secondary N) is 1. The molecule has 0 spiro atoms. The Morgan fingerprint density at radius 1 is 1.25 bits per heavy atom. The van der Waals surface area contributed by atoms with Crippen LogP contribution in [-0.2, 0) is 10.8 Å². The molecule has 16 heavy (non-hydrogen) atoms. The van der Waals surface area contributed by atoms with E-state index < -0.39 is 10.8 Å². The fraction of sp³-hybridized carbons (Fsp3) is 0.538. The van der Waals surface area contributed by atoms with Gasteiger partial charge in [0.15, 0.2) is 0 Å². The molecule has 0 bridgehead atoms. The van der Waals surface area contributed by atoms with Crippen molar-refractivity contribution in [2.24, 2.45) is 0 Å². The summed E-state index contributed by atoms with van der Waals surface area (Å²) in [4.78, 5) is 0.932. The van der Waals surface area contributed by atoms with Crippen LogP contribution in [0.5, 0.6) is 0 Å². The topological polar surface area (TPSA) is 29.1 Å². The zero-order valence-electron chi connectivity index (χ0n) is 10.5. The van der Waals surface area contributed by atoms with Crippen LogP contribution < -0.4 is 5.32 Å². The first-order chi connectivity index (χ1) is 7.54. The summed E-state index contributed by atoms with van der Waals surface area (Å²) in [5.74, 6) is 0. The molecule has 0 aliphatic carbocycles. The summed E-state index contributed by atoms with van der Waals surface area (Å²) in [5.41, 5.74) is 1.21. The first kappa shape index (κ1) is 13.4. The van der Waals surface area contributed by atoms with Crippen molar-refractivity contribution in [3.8, 4) is 0 Å². The summed E-state index contributed by atoms with van der Waals surface area (Å²) in [5, 5.41) is 3.36. The lowest BCUT2D eigenvalue weighted by Gasteiger charge is -2.16. The minimum absolute atomic E-state index is 0.185. The predicted molar refractivity (Wildman–Crippen MR) is 70.2 cm³/mol. The first-order valence-electron chi connectivity index (χ1n) is 5.69. The van der Waals surface area contributed by atoms with Gasteiger partial charge in [-0.2, -0.15) is 0 Å². The fourth-order valence-corrected chi connectivity index (χ4v) is 2.94. The van der Waals surface area contributed by atoms with Crippen LogP contribution in [0.4, 0.5) is 0 Å². The van der Waals surface area contributed by atoms with Crippen LogP contribution in [0.2, 0.25) is 0 Å². The minimum Gasteiger partial charge on any atom is -0.317 e. The van der Waals surface area contributed by atoms with E-state index in [2.05, 4.69) is 12.2 Å². The standard InChI is InChI=1S/C13H21NOS/c1-10-5-7-13(8-6-10)16(15)12(3)9-11(2)14-4/h5-8,11-12,14H,9H2,1-4H3. The van der Waals surface area contributed by atoms with Crippen molar-refractivity contribution in [3.05, 3.63) is 29.8 Å². The molecule has 0 aliphatic heterocycles. The van der Waals surface area contributed by atoms with Gasteiger partial charge in [0.1, 0.15) is 0 Å². The Hall–Kier alpha value is -0.670. The highest BCUT2D eigenvalue weighted by atomic mass is 32.2. The first-order valence-corrected chi connectivity index (χ1v) is 6.90. The van der Waals surface area contributed by atoms with Gasteiger partial charge in [-0.15, -0.1) is 0 Å². The van der Waals surface area contributed by atoms with Crippen LogP contribution in [0, 0.1) is 6.92 Å². The summed E-state index contributed by atoms with van der Waals surface area (Å²) in [6.07, 6.45) is 0.928. The largest absolute Gasteiger partial charge is 0.317 e. The molecule has 1 aromatic carbocycles. The van der Waals surface area contributed by atoms with Crippen LogP contribution in [0.1, 0.15) is 25.8 Å². The van der Waals surface area contributed by atoms with Crippen molar-refractivity contribution in [3.63, 3.8) is 0 Å². The Kier molecular flexibility index (Phi) is 5.16. The van der Waals surface area contributed by atoms with Crippen molar-refractivity contribution >= 4 is 10.8 Å². The second-order valence-electron chi connectivity index (χ2n) is 4.35. The predicted octanol–water partition coefficient (Wildman–Crippen LogP) is 2.49. The minimum atomic E-state index is -0.899. The van der Waals surface area contributed by atoms with Gasteiger partial charge in [-0.1, -0.05) is 24.6 Å². The third kappa shape index (κ3) is 3.72. The Morgan fingerprint density at radius 3 is 2.31 bits per heavy atom. The molecule has 90 valence electrons. The fourth-order valence-electron chi connectivity index (χ4n) is 1.61. The highest BCUT2D eigenvalue weighted by Gasteiger charge is 2.15.